The molecule has 1 N–H and O–H groups in total. The lowest BCUT2D eigenvalue weighted by Gasteiger charge is -2.23. The van der Waals surface area contributed by atoms with Gasteiger partial charge >= 0.3 is 0 Å². The van der Waals surface area contributed by atoms with Crippen LogP contribution < -0.4 is 16.4 Å². The predicted octanol–water partition coefficient (Wildman–Crippen LogP) is 2.35. The largest absolute Gasteiger partial charge is 0.317 e. The number of hydrogen-bond acceptors (Lipinski definition) is 5. The van der Waals surface area contributed by atoms with Crippen molar-refractivity contribution in [3.8, 4) is 5.69 Å². The monoisotopic (exact) mass is 443 g/mol. The summed E-state index contributed by atoms with van der Waals surface area (Å²) in [5.74, 6) is -0.370. The van der Waals surface area contributed by atoms with Gasteiger partial charge in [-0.2, -0.15) is 0 Å². The van der Waals surface area contributed by atoms with Crippen LogP contribution in [0.4, 0.5) is 0 Å². The maximum Gasteiger partial charge on any atom is 0.281 e. The summed E-state index contributed by atoms with van der Waals surface area (Å²) < 4.78 is 4.40. The molecule has 1 aliphatic rings. The number of hydrogen-bond donors (Lipinski definition) is 1. The average Bonchev–Trinajstić information content (AvgIpc) is 3.14. The number of aryl methyl sites for hydroxylation is 1. The van der Waals surface area contributed by atoms with Crippen LogP contribution in [0.5, 0.6) is 0 Å². The summed E-state index contributed by atoms with van der Waals surface area (Å²) in [6.45, 7) is 3.56. The van der Waals surface area contributed by atoms with Gasteiger partial charge in [0.1, 0.15) is 0 Å². The fraction of sp³-hybridized carbons (Fsp3) is 0.280. The van der Waals surface area contributed by atoms with E-state index in [0.717, 1.165) is 18.7 Å². The van der Waals surface area contributed by atoms with Crippen molar-refractivity contribution in [3.63, 3.8) is 0 Å². The second-order valence-corrected chi connectivity index (χ2v) is 8.40. The number of fused-ring (bicyclic) bond motifs is 1. The van der Waals surface area contributed by atoms with Crippen molar-refractivity contribution >= 4 is 16.8 Å². The summed E-state index contributed by atoms with van der Waals surface area (Å²) in [6, 6.07) is 14.2. The second kappa shape index (κ2) is 8.63. The summed E-state index contributed by atoms with van der Waals surface area (Å²) in [6.07, 6.45) is 4.76. The van der Waals surface area contributed by atoms with Crippen molar-refractivity contribution in [3.05, 3.63) is 92.9 Å². The fourth-order valence-corrected chi connectivity index (χ4v) is 4.62. The molecule has 4 heterocycles. The molecule has 5 rings (SSSR count). The summed E-state index contributed by atoms with van der Waals surface area (Å²) in [5, 5.41) is 3.65. The molecule has 0 aliphatic carbocycles. The molecule has 8 nitrogen and oxygen atoms in total. The second-order valence-electron chi connectivity index (χ2n) is 8.40. The highest BCUT2D eigenvalue weighted by Crippen LogP contribution is 2.22. The number of carbonyl (C=O) groups excluding carboxylic acids is 1. The smallest absolute Gasteiger partial charge is 0.281 e. The Hall–Kier alpha value is -3.78. The van der Waals surface area contributed by atoms with Gasteiger partial charge in [-0.05, 0) is 56.6 Å². The summed E-state index contributed by atoms with van der Waals surface area (Å²) in [4.78, 5) is 44.7. The zero-order valence-corrected chi connectivity index (χ0v) is 18.4. The minimum atomic E-state index is -0.309. The van der Waals surface area contributed by atoms with E-state index >= 15 is 0 Å². The van der Waals surface area contributed by atoms with Crippen molar-refractivity contribution in [2.45, 2.75) is 26.3 Å². The number of piperidine rings is 1. The lowest BCUT2D eigenvalue weighted by atomic mass is 9.97. The first-order valence-electron chi connectivity index (χ1n) is 11.1. The van der Waals surface area contributed by atoms with E-state index in [4.69, 9.17) is 0 Å². The molecule has 0 amide bonds. The molecule has 0 atom stereocenters. The molecular weight excluding hydrogens is 418 g/mol. The average molecular weight is 444 g/mol. The van der Waals surface area contributed by atoms with Gasteiger partial charge in [0.25, 0.3) is 11.1 Å². The first-order chi connectivity index (χ1) is 16.1. The third-order valence-electron chi connectivity index (χ3n) is 6.34. The molecular formula is C25H25N5O3. The minimum absolute atomic E-state index is 0.156. The highest BCUT2D eigenvalue weighted by molar-refractivity contribution is 5.93. The molecule has 1 aliphatic heterocycles. The first kappa shape index (κ1) is 21.1. The molecule has 4 aromatic rings. The van der Waals surface area contributed by atoms with E-state index in [1.807, 2.05) is 30.3 Å². The quantitative estimate of drug-likeness (QED) is 0.523. The third kappa shape index (κ3) is 3.72. The van der Waals surface area contributed by atoms with Crippen LogP contribution in [0, 0.1) is 12.8 Å². The normalized spacial score (nSPS) is 14.6. The van der Waals surface area contributed by atoms with E-state index in [-0.39, 0.29) is 22.9 Å². The highest BCUT2D eigenvalue weighted by atomic mass is 16.2. The van der Waals surface area contributed by atoms with Crippen LogP contribution in [0.25, 0.3) is 16.6 Å². The standard InChI is InChI=1S/C25H25N5O3/c1-17-23-21(14-22(31)28(17)16-18-6-5-11-27-15-18)30(24(32)19-9-12-26-13-10-19)29(25(23)33)20-7-3-2-4-8-20/h2-8,11,14-15,19,26H,9-10,12-13,16H2,1H3. The molecule has 1 saturated heterocycles. The Morgan fingerprint density at radius 2 is 1.85 bits per heavy atom. The van der Waals surface area contributed by atoms with Gasteiger partial charge in [0.2, 0.25) is 5.91 Å². The summed E-state index contributed by atoms with van der Waals surface area (Å²) in [5.41, 5.74) is 1.77. The topological polar surface area (TPSA) is 90.9 Å². The molecule has 168 valence electrons. The molecule has 8 heteroatoms. The third-order valence-corrected chi connectivity index (χ3v) is 6.34. The van der Waals surface area contributed by atoms with E-state index in [2.05, 4.69) is 10.3 Å². The number of nitrogens with zero attached hydrogens (tertiary/aromatic N) is 4. The Balaban J connectivity index is 1.76. The van der Waals surface area contributed by atoms with Crippen LogP contribution in [-0.2, 0) is 6.54 Å². The Morgan fingerprint density at radius 3 is 2.55 bits per heavy atom. The fourth-order valence-electron chi connectivity index (χ4n) is 4.62. The number of para-hydroxylation sites is 1. The van der Waals surface area contributed by atoms with Crippen LogP contribution in [0.3, 0.4) is 0 Å². The number of benzene rings is 1. The number of nitrogens with one attached hydrogen (secondary N) is 1. The Bertz CT molecular complexity index is 1430. The maximum atomic E-state index is 13.7. The highest BCUT2D eigenvalue weighted by Gasteiger charge is 2.29. The number of pyridine rings is 2. The minimum Gasteiger partial charge on any atom is -0.317 e. The van der Waals surface area contributed by atoms with Gasteiger partial charge in [-0.25, -0.2) is 9.36 Å². The summed E-state index contributed by atoms with van der Waals surface area (Å²) >= 11 is 0. The van der Waals surface area contributed by atoms with Gasteiger partial charge < -0.3 is 9.88 Å². The first-order valence-corrected chi connectivity index (χ1v) is 11.1. The van der Waals surface area contributed by atoms with Crippen LogP contribution in [0.2, 0.25) is 0 Å². The van der Waals surface area contributed by atoms with Crippen molar-refractivity contribution in [2.75, 3.05) is 13.1 Å². The van der Waals surface area contributed by atoms with E-state index in [1.165, 1.54) is 15.4 Å². The van der Waals surface area contributed by atoms with Gasteiger partial charge in [0.15, 0.2) is 0 Å². The number of aromatic nitrogens is 4. The van der Waals surface area contributed by atoms with Crippen molar-refractivity contribution < 1.29 is 4.79 Å². The van der Waals surface area contributed by atoms with Crippen molar-refractivity contribution in [1.29, 1.82) is 0 Å². The zero-order chi connectivity index (χ0) is 22.9. The Kier molecular flexibility index (Phi) is 5.51. The number of carbonyl (C=O) groups is 1. The molecule has 33 heavy (non-hydrogen) atoms. The maximum absolute atomic E-state index is 13.7. The SMILES string of the molecule is Cc1c2c(=O)n(-c3ccccc3)n(C(=O)C3CCNCC3)c2cc(=O)n1Cc1cccnc1. The van der Waals surface area contributed by atoms with Crippen LogP contribution in [0.1, 0.15) is 28.9 Å². The van der Waals surface area contributed by atoms with E-state index in [9.17, 15) is 14.4 Å². The van der Waals surface area contributed by atoms with Gasteiger partial charge in [-0.1, -0.05) is 24.3 Å². The van der Waals surface area contributed by atoms with Crippen LogP contribution >= 0.6 is 0 Å². The molecule has 0 radical (unpaired) electrons. The van der Waals surface area contributed by atoms with Crippen molar-refractivity contribution in [2.24, 2.45) is 5.92 Å². The van der Waals surface area contributed by atoms with Crippen LogP contribution in [-0.4, -0.2) is 37.9 Å². The molecule has 0 bridgehead atoms. The Labute approximate surface area is 190 Å². The summed E-state index contributed by atoms with van der Waals surface area (Å²) in [7, 11) is 0. The Morgan fingerprint density at radius 1 is 1.09 bits per heavy atom. The van der Waals surface area contributed by atoms with Crippen molar-refractivity contribution in [1.82, 2.24) is 24.2 Å². The van der Waals surface area contributed by atoms with Gasteiger partial charge in [-0.3, -0.25) is 19.4 Å². The van der Waals surface area contributed by atoms with E-state index in [1.54, 1.807) is 36.0 Å². The predicted molar refractivity (Wildman–Crippen MR) is 126 cm³/mol. The van der Waals surface area contributed by atoms with Crippen LogP contribution in [0.15, 0.2) is 70.5 Å². The lowest BCUT2D eigenvalue weighted by Crippen LogP contribution is -2.37. The molecule has 1 fully saturated rings. The van der Waals surface area contributed by atoms with Gasteiger partial charge in [-0.15, -0.1) is 0 Å². The van der Waals surface area contributed by atoms with Gasteiger partial charge in [0, 0.05) is 30.1 Å². The number of rotatable bonds is 4. The zero-order valence-electron chi connectivity index (χ0n) is 18.4. The molecule has 1 aromatic carbocycles. The lowest BCUT2D eigenvalue weighted by molar-refractivity contribution is 0.0786. The van der Waals surface area contributed by atoms with E-state index < -0.39 is 0 Å². The molecule has 3 aromatic heterocycles. The molecule has 0 saturated carbocycles. The molecule has 0 spiro atoms. The van der Waals surface area contributed by atoms with Gasteiger partial charge in [0.05, 0.1) is 23.1 Å². The van der Waals surface area contributed by atoms with E-state index in [0.29, 0.717) is 41.7 Å². The molecule has 0 unspecified atom stereocenters.